The standard InChI is InChI=1S/C11H6BrFN2O3/c12-8-6-14-4-3-10(8)18-11-2-1-7(13)5-9(11)15(16)17/h1-6H. The zero-order valence-corrected chi connectivity index (χ0v) is 10.4. The molecule has 7 heteroatoms. The molecule has 1 aromatic heterocycles. The summed E-state index contributed by atoms with van der Waals surface area (Å²) in [6.07, 6.45) is 2.97. The molecule has 1 aromatic carbocycles. The third-order valence-electron chi connectivity index (χ3n) is 2.07. The first-order valence-electron chi connectivity index (χ1n) is 4.79. The second kappa shape index (κ2) is 5.09. The molecule has 0 atom stereocenters. The maximum absolute atomic E-state index is 12.9. The van der Waals surface area contributed by atoms with Gasteiger partial charge in [-0.25, -0.2) is 4.39 Å². The van der Waals surface area contributed by atoms with Gasteiger partial charge >= 0.3 is 5.69 Å². The number of rotatable bonds is 3. The van der Waals surface area contributed by atoms with E-state index in [1.165, 1.54) is 24.5 Å². The fourth-order valence-electron chi connectivity index (χ4n) is 1.28. The highest BCUT2D eigenvalue weighted by molar-refractivity contribution is 9.10. The van der Waals surface area contributed by atoms with E-state index >= 15 is 0 Å². The Bertz CT molecular complexity index is 607. The maximum atomic E-state index is 12.9. The molecule has 0 fully saturated rings. The van der Waals surface area contributed by atoms with Crippen molar-refractivity contribution in [2.24, 2.45) is 0 Å². The van der Waals surface area contributed by atoms with E-state index < -0.39 is 16.4 Å². The summed E-state index contributed by atoms with van der Waals surface area (Å²) in [5.41, 5.74) is -0.432. The number of hydrogen-bond acceptors (Lipinski definition) is 4. The smallest absolute Gasteiger partial charge is 0.314 e. The molecule has 0 aliphatic carbocycles. The van der Waals surface area contributed by atoms with Crippen LogP contribution >= 0.6 is 15.9 Å². The molecule has 0 radical (unpaired) electrons. The van der Waals surface area contributed by atoms with Crippen LogP contribution < -0.4 is 4.74 Å². The number of hydrogen-bond donors (Lipinski definition) is 0. The molecule has 0 saturated heterocycles. The zero-order valence-electron chi connectivity index (χ0n) is 8.84. The minimum absolute atomic E-state index is 0.0340. The molecular weight excluding hydrogens is 307 g/mol. The predicted molar refractivity (Wildman–Crippen MR) is 65.1 cm³/mol. The lowest BCUT2D eigenvalue weighted by Crippen LogP contribution is -1.95. The highest BCUT2D eigenvalue weighted by atomic mass is 79.9. The first-order chi connectivity index (χ1) is 8.58. The second-order valence-electron chi connectivity index (χ2n) is 3.28. The van der Waals surface area contributed by atoms with Gasteiger partial charge < -0.3 is 4.74 Å². The van der Waals surface area contributed by atoms with Gasteiger partial charge in [-0.05, 0) is 28.1 Å². The molecule has 5 nitrogen and oxygen atoms in total. The SMILES string of the molecule is O=[N+]([O-])c1cc(F)ccc1Oc1ccncc1Br. The summed E-state index contributed by atoms with van der Waals surface area (Å²) in [6.45, 7) is 0. The lowest BCUT2D eigenvalue weighted by atomic mass is 10.3. The van der Waals surface area contributed by atoms with E-state index in [0.29, 0.717) is 10.2 Å². The van der Waals surface area contributed by atoms with E-state index in [2.05, 4.69) is 20.9 Å². The monoisotopic (exact) mass is 312 g/mol. The Labute approximate surface area is 110 Å². The van der Waals surface area contributed by atoms with Crippen molar-refractivity contribution in [3.8, 4) is 11.5 Å². The van der Waals surface area contributed by atoms with Gasteiger partial charge in [0.25, 0.3) is 0 Å². The van der Waals surface area contributed by atoms with Crippen molar-refractivity contribution in [1.29, 1.82) is 0 Å². The van der Waals surface area contributed by atoms with Crippen molar-refractivity contribution in [3.05, 3.63) is 57.1 Å². The topological polar surface area (TPSA) is 65.3 Å². The van der Waals surface area contributed by atoms with Crippen LogP contribution in [0, 0.1) is 15.9 Å². The lowest BCUT2D eigenvalue weighted by Gasteiger charge is -2.07. The van der Waals surface area contributed by atoms with Gasteiger partial charge in [-0.2, -0.15) is 0 Å². The second-order valence-corrected chi connectivity index (χ2v) is 4.13. The summed E-state index contributed by atoms with van der Waals surface area (Å²) in [6, 6.07) is 4.65. The maximum Gasteiger partial charge on any atom is 0.314 e. The average Bonchev–Trinajstić information content (AvgIpc) is 2.34. The number of halogens is 2. The molecule has 0 spiro atoms. The van der Waals surface area contributed by atoms with Gasteiger partial charge in [-0.3, -0.25) is 15.1 Å². The fourth-order valence-corrected chi connectivity index (χ4v) is 1.61. The van der Waals surface area contributed by atoms with Gasteiger partial charge in [-0.15, -0.1) is 0 Å². The fraction of sp³-hybridized carbons (Fsp3) is 0. The van der Waals surface area contributed by atoms with Crippen molar-refractivity contribution in [2.75, 3.05) is 0 Å². The summed E-state index contributed by atoms with van der Waals surface area (Å²) in [7, 11) is 0. The average molecular weight is 313 g/mol. The van der Waals surface area contributed by atoms with E-state index in [0.717, 1.165) is 12.1 Å². The van der Waals surface area contributed by atoms with E-state index in [9.17, 15) is 14.5 Å². The highest BCUT2D eigenvalue weighted by Gasteiger charge is 2.17. The molecule has 0 aliphatic heterocycles. The van der Waals surface area contributed by atoms with Gasteiger partial charge in [0.1, 0.15) is 11.6 Å². The van der Waals surface area contributed by atoms with Crippen LogP contribution in [0.2, 0.25) is 0 Å². The van der Waals surface area contributed by atoms with Gasteiger partial charge in [0.05, 0.1) is 15.5 Å². The molecular formula is C11H6BrFN2O3. The number of ether oxygens (including phenoxy) is 1. The number of pyridine rings is 1. The van der Waals surface area contributed by atoms with Crippen LogP contribution in [0.25, 0.3) is 0 Å². The minimum Gasteiger partial charge on any atom is -0.449 e. The summed E-state index contributed by atoms with van der Waals surface area (Å²) < 4.78 is 18.9. The van der Waals surface area contributed by atoms with Crippen LogP contribution in [0.5, 0.6) is 11.5 Å². The molecule has 0 aliphatic rings. The lowest BCUT2D eigenvalue weighted by molar-refractivity contribution is -0.385. The molecule has 0 saturated carbocycles. The first-order valence-corrected chi connectivity index (χ1v) is 5.58. The van der Waals surface area contributed by atoms with Crippen molar-refractivity contribution in [1.82, 2.24) is 4.98 Å². The van der Waals surface area contributed by atoms with E-state index in [-0.39, 0.29) is 5.75 Å². The Balaban J connectivity index is 2.41. The van der Waals surface area contributed by atoms with Crippen molar-refractivity contribution in [2.45, 2.75) is 0 Å². The highest BCUT2D eigenvalue weighted by Crippen LogP contribution is 2.34. The van der Waals surface area contributed by atoms with Gasteiger partial charge in [-0.1, -0.05) is 0 Å². The minimum atomic E-state index is -0.701. The molecule has 0 amide bonds. The third-order valence-corrected chi connectivity index (χ3v) is 2.67. The number of nitro benzene ring substituents is 1. The van der Waals surface area contributed by atoms with E-state index in [1.54, 1.807) is 0 Å². The van der Waals surface area contributed by atoms with Crippen molar-refractivity contribution < 1.29 is 14.1 Å². The molecule has 0 N–H and O–H groups in total. The molecule has 2 rings (SSSR count). The van der Waals surface area contributed by atoms with E-state index in [4.69, 9.17) is 4.74 Å². The zero-order chi connectivity index (χ0) is 13.1. The number of nitrogens with zero attached hydrogens (tertiary/aromatic N) is 2. The van der Waals surface area contributed by atoms with Gasteiger partial charge in [0, 0.05) is 18.5 Å². The van der Waals surface area contributed by atoms with Crippen LogP contribution in [-0.4, -0.2) is 9.91 Å². The predicted octanol–water partition coefficient (Wildman–Crippen LogP) is 3.68. The Kier molecular flexibility index (Phi) is 3.52. The molecule has 92 valence electrons. The molecule has 0 bridgehead atoms. The van der Waals surface area contributed by atoms with Crippen LogP contribution in [0.3, 0.4) is 0 Å². The summed E-state index contributed by atoms with van der Waals surface area (Å²) in [4.78, 5) is 13.9. The largest absolute Gasteiger partial charge is 0.449 e. The van der Waals surface area contributed by atoms with Crippen LogP contribution in [0.4, 0.5) is 10.1 Å². The third kappa shape index (κ3) is 2.62. The summed E-state index contributed by atoms with van der Waals surface area (Å²) >= 11 is 3.20. The normalized spacial score (nSPS) is 10.1. The Morgan fingerprint density at radius 3 is 2.78 bits per heavy atom. The quantitative estimate of drug-likeness (QED) is 0.640. The number of aromatic nitrogens is 1. The Morgan fingerprint density at radius 2 is 2.11 bits per heavy atom. The Morgan fingerprint density at radius 1 is 1.33 bits per heavy atom. The summed E-state index contributed by atoms with van der Waals surface area (Å²) in [5, 5.41) is 10.8. The van der Waals surface area contributed by atoms with Gasteiger partial charge in [0.15, 0.2) is 0 Å². The number of benzene rings is 1. The van der Waals surface area contributed by atoms with Crippen molar-refractivity contribution in [3.63, 3.8) is 0 Å². The molecule has 1 heterocycles. The Hall–Kier alpha value is -2.02. The number of nitro groups is 1. The van der Waals surface area contributed by atoms with Gasteiger partial charge in [0.2, 0.25) is 5.75 Å². The first kappa shape index (κ1) is 12.4. The van der Waals surface area contributed by atoms with Crippen LogP contribution in [0.1, 0.15) is 0 Å². The molecule has 18 heavy (non-hydrogen) atoms. The van der Waals surface area contributed by atoms with E-state index in [1.807, 2.05) is 0 Å². The van der Waals surface area contributed by atoms with Crippen molar-refractivity contribution >= 4 is 21.6 Å². The molecule has 0 unspecified atom stereocenters. The summed E-state index contributed by atoms with van der Waals surface area (Å²) in [5.74, 6) is -0.365. The molecule has 2 aromatic rings. The van der Waals surface area contributed by atoms with Crippen LogP contribution in [-0.2, 0) is 0 Å². The van der Waals surface area contributed by atoms with Crippen LogP contribution in [0.15, 0.2) is 41.1 Å².